The van der Waals surface area contributed by atoms with Gasteiger partial charge in [0.05, 0.1) is 0 Å². The predicted octanol–water partition coefficient (Wildman–Crippen LogP) is 2.20. The molecule has 0 bridgehead atoms. The zero-order chi connectivity index (χ0) is 8.97. The quantitative estimate of drug-likeness (QED) is 0.521. The average molecular weight is 185 g/mol. The molecular formula is C10H19NS. The molecule has 1 aliphatic heterocycles. The van der Waals surface area contributed by atoms with Gasteiger partial charge in [-0.3, -0.25) is 4.90 Å². The van der Waals surface area contributed by atoms with E-state index in [2.05, 4.69) is 31.0 Å². The van der Waals surface area contributed by atoms with Crippen LogP contribution in [-0.2, 0) is 0 Å². The Labute approximate surface area is 81.2 Å². The van der Waals surface area contributed by atoms with E-state index in [1.54, 1.807) is 0 Å². The van der Waals surface area contributed by atoms with Crippen LogP contribution in [0.25, 0.3) is 0 Å². The fourth-order valence-corrected chi connectivity index (χ4v) is 1.69. The first-order chi connectivity index (χ1) is 5.72. The van der Waals surface area contributed by atoms with Gasteiger partial charge in [0.1, 0.15) is 0 Å². The Morgan fingerprint density at radius 3 is 2.58 bits per heavy atom. The lowest BCUT2D eigenvalue weighted by molar-refractivity contribution is 0.207. The molecule has 1 aliphatic rings. The molecule has 1 nitrogen and oxygen atoms in total. The van der Waals surface area contributed by atoms with Crippen molar-refractivity contribution >= 4 is 12.6 Å². The highest BCUT2D eigenvalue weighted by Crippen LogP contribution is 2.16. The Kier molecular flexibility index (Phi) is 4.16. The minimum Gasteiger partial charge on any atom is -0.299 e. The van der Waals surface area contributed by atoms with E-state index in [9.17, 15) is 0 Å². The first-order valence-corrected chi connectivity index (χ1v) is 5.35. The molecule has 0 spiro atoms. The van der Waals surface area contributed by atoms with Crippen LogP contribution in [0.5, 0.6) is 0 Å². The lowest BCUT2D eigenvalue weighted by atomic mass is 9.99. The fraction of sp³-hybridized carbons (Fsp3) is 0.800. The molecular weight excluding hydrogens is 166 g/mol. The lowest BCUT2D eigenvalue weighted by Crippen LogP contribution is -2.34. The molecule has 0 N–H and O–H groups in total. The van der Waals surface area contributed by atoms with E-state index in [-0.39, 0.29) is 0 Å². The molecule has 1 fully saturated rings. The van der Waals surface area contributed by atoms with Crippen molar-refractivity contribution in [3.63, 3.8) is 0 Å². The van der Waals surface area contributed by atoms with E-state index in [1.807, 2.05) is 0 Å². The summed E-state index contributed by atoms with van der Waals surface area (Å²) < 4.78 is 0. The standard InChI is InChI=1S/C10H19NS/c1-9-3-5-11(6-4-9)7-10(2)8-12/h9,12H,2-8H2,1H3. The van der Waals surface area contributed by atoms with E-state index in [1.165, 1.54) is 31.5 Å². The molecule has 0 aliphatic carbocycles. The van der Waals surface area contributed by atoms with Crippen LogP contribution in [0.1, 0.15) is 19.8 Å². The fourth-order valence-electron chi connectivity index (χ4n) is 1.59. The van der Waals surface area contributed by atoms with Crippen molar-refractivity contribution in [2.24, 2.45) is 5.92 Å². The average Bonchev–Trinajstić information content (AvgIpc) is 2.09. The van der Waals surface area contributed by atoms with Crippen LogP contribution in [0.4, 0.5) is 0 Å². The molecule has 0 aromatic heterocycles. The molecule has 1 rings (SSSR count). The van der Waals surface area contributed by atoms with Gasteiger partial charge in [-0.1, -0.05) is 19.1 Å². The molecule has 0 aromatic carbocycles. The van der Waals surface area contributed by atoms with Crippen molar-refractivity contribution in [1.29, 1.82) is 0 Å². The Bertz CT molecular complexity index is 148. The third kappa shape index (κ3) is 3.20. The van der Waals surface area contributed by atoms with E-state index in [4.69, 9.17) is 0 Å². The first kappa shape index (κ1) is 10.1. The van der Waals surface area contributed by atoms with Gasteiger partial charge in [-0.25, -0.2) is 0 Å². The van der Waals surface area contributed by atoms with Crippen molar-refractivity contribution in [3.8, 4) is 0 Å². The Balaban J connectivity index is 2.21. The van der Waals surface area contributed by atoms with Crippen molar-refractivity contribution in [3.05, 3.63) is 12.2 Å². The Morgan fingerprint density at radius 2 is 2.08 bits per heavy atom. The van der Waals surface area contributed by atoms with Crippen LogP contribution in [-0.4, -0.2) is 30.3 Å². The summed E-state index contributed by atoms with van der Waals surface area (Å²) in [7, 11) is 0. The summed E-state index contributed by atoms with van der Waals surface area (Å²) in [6, 6.07) is 0. The van der Waals surface area contributed by atoms with Crippen LogP contribution in [0, 0.1) is 5.92 Å². The second-order valence-electron chi connectivity index (χ2n) is 3.87. The molecule has 0 saturated carbocycles. The minimum absolute atomic E-state index is 0.825. The maximum Gasteiger partial charge on any atom is 0.0198 e. The molecule has 0 amide bonds. The van der Waals surface area contributed by atoms with Crippen LogP contribution in [0.15, 0.2) is 12.2 Å². The van der Waals surface area contributed by atoms with Gasteiger partial charge in [0.2, 0.25) is 0 Å². The molecule has 0 aromatic rings. The minimum atomic E-state index is 0.825. The van der Waals surface area contributed by atoms with E-state index in [0.29, 0.717) is 0 Å². The molecule has 2 heteroatoms. The van der Waals surface area contributed by atoms with Crippen LogP contribution >= 0.6 is 12.6 Å². The third-order valence-electron chi connectivity index (χ3n) is 2.55. The summed E-state index contributed by atoms with van der Waals surface area (Å²) in [6.07, 6.45) is 2.69. The summed E-state index contributed by atoms with van der Waals surface area (Å²) in [5, 5.41) is 0. The SMILES string of the molecule is C=C(CS)CN1CCC(C)CC1. The predicted molar refractivity (Wildman–Crippen MR) is 57.8 cm³/mol. The number of nitrogens with zero attached hydrogens (tertiary/aromatic N) is 1. The van der Waals surface area contributed by atoms with Crippen molar-refractivity contribution in [1.82, 2.24) is 4.90 Å². The monoisotopic (exact) mass is 185 g/mol. The van der Waals surface area contributed by atoms with Gasteiger partial charge >= 0.3 is 0 Å². The number of hydrogen-bond donors (Lipinski definition) is 1. The van der Waals surface area contributed by atoms with E-state index >= 15 is 0 Å². The topological polar surface area (TPSA) is 3.24 Å². The van der Waals surface area contributed by atoms with Crippen LogP contribution in [0.3, 0.4) is 0 Å². The number of hydrogen-bond acceptors (Lipinski definition) is 2. The molecule has 1 heterocycles. The van der Waals surface area contributed by atoms with Crippen molar-refractivity contribution in [2.75, 3.05) is 25.4 Å². The Morgan fingerprint density at radius 1 is 1.50 bits per heavy atom. The van der Waals surface area contributed by atoms with Crippen molar-refractivity contribution < 1.29 is 0 Å². The van der Waals surface area contributed by atoms with Crippen LogP contribution in [0.2, 0.25) is 0 Å². The largest absolute Gasteiger partial charge is 0.299 e. The maximum atomic E-state index is 4.21. The zero-order valence-corrected chi connectivity index (χ0v) is 8.82. The third-order valence-corrected chi connectivity index (χ3v) is 2.99. The number of likely N-dealkylation sites (tertiary alicyclic amines) is 1. The van der Waals surface area contributed by atoms with Gasteiger partial charge in [-0.15, -0.1) is 0 Å². The Hall–Kier alpha value is 0.0500. The summed E-state index contributed by atoms with van der Waals surface area (Å²) in [5.41, 5.74) is 1.24. The number of thiol groups is 1. The molecule has 70 valence electrons. The van der Waals surface area contributed by atoms with Crippen LogP contribution < -0.4 is 0 Å². The van der Waals surface area contributed by atoms with Gasteiger partial charge in [-0.2, -0.15) is 12.6 Å². The molecule has 0 radical (unpaired) electrons. The van der Waals surface area contributed by atoms with Gasteiger partial charge < -0.3 is 0 Å². The summed E-state index contributed by atoms with van der Waals surface area (Å²) >= 11 is 4.21. The number of rotatable bonds is 3. The molecule has 0 atom stereocenters. The van der Waals surface area contributed by atoms with Crippen molar-refractivity contribution in [2.45, 2.75) is 19.8 Å². The normalized spacial score (nSPS) is 21.2. The molecule has 0 unspecified atom stereocenters. The smallest absolute Gasteiger partial charge is 0.0198 e. The highest BCUT2D eigenvalue weighted by Gasteiger charge is 2.15. The van der Waals surface area contributed by atoms with Gasteiger partial charge in [0.25, 0.3) is 0 Å². The van der Waals surface area contributed by atoms with E-state index in [0.717, 1.165) is 18.2 Å². The van der Waals surface area contributed by atoms with Gasteiger partial charge in [0.15, 0.2) is 0 Å². The summed E-state index contributed by atoms with van der Waals surface area (Å²) in [4.78, 5) is 2.48. The highest BCUT2D eigenvalue weighted by atomic mass is 32.1. The molecule has 12 heavy (non-hydrogen) atoms. The van der Waals surface area contributed by atoms with Gasteiger partial charge in [-0.05, 0) is 31.8 Å². The summed E-state index contributed by atoms with van der Waals surface area (Å²) in [6.45, 7) is 9.85. The zero-order valence-electron chi connectivity index (χ0n) is 7.92. The van der Waals surface area contributed by atoms with E-state index < -0.39 is 0 Å². The second kappa shape index (κ2) is 4.93. The second-order valence-corrected chi connectivity index (χ2v) is 4.18. The first-order valence-electron chi connectivity index (χ1n) is 4.72. The maximum absolute atomic E-state index is 4.21. The highest BCUT2D eigenvalue weighted by molar-refractivity contribution is 7.80. The van der Waals surface area contributed by atoms with Gasteiger partial charge in [0, 0.05) is 12.3 Å². The summed E-state index contributed by atoms with van der Waals surface area (Å²) in [5.74, 6) is 1.75. The number of piperidine rings is 1. The lowest BCUT2D eigenvalue weighted by Gasteiger charge is -2.30. The molecule has 1 saturated heterocycles.